The van der Waals surface area contributed by atoms with Crippen LogP contribution >= 0.6 is 11.6 Å². The number of nitrogens with zero attached hydrogens (tertiary/aromatic N) is 2. The Bertz CT molecular complexity index is 1420. The van der Waals surface area contributed by atoms with Gasteiger partial charge in [-0.3, -0.25) is 9.48 Å². The highest BCUT2D eigenvalue weighted by Gasteiger charge is 2.16. The highest BCUT2D eigenvalue weighted by atomic mass is 35.5. The second-order valence-electron chi connectivity index (χ2n) is 8.88. The molecule has 37 heavy (non-hydrogen) atoms. The van der Waals surface area contributed by atoms with Gasteiger partial charge in [0.05, 0.1) is 31.1 Å². The zero-order valence-corrected chi connectivity index (χ0v) is 21.8. The molecule has 1 N–H and O–H groups in total. The van der Waals surface area contributed by atoms with Crippen LogP contribution in [0.25, 0.3) is 0 Å². The molecule has 4 aromatic rings. The van der Waals surface area contributed by atoms with Crippen LogP contribution in [-0.2, 0) is 17.9 Å². The van der Waals surface area contributed by atoms with Crippen LogP contribution in [0, 0.1) is 6.92 Å². The second-order valence-corrected chi connectivity index (χ2v) is 9.29. The smallest absolute Gasteiger partial charge is 0.338 e. The van der Waals surface area contributed by atoms with E-state index in [4.69, 9.17) is 25.5 Å². The largest absolute Gasteiger partial charge is 0.485 e. The molecule has 4 rings (SSSR count). The van der Waals surface area contributed by atoms with Crippen LogP contribution in [0.1, 0.15) is 63.1 Å². The lowest BCUT2D eigenvalue weighted by Gasteiger charge is -2.15. The summed E-state index contributed by atoms with van der Waals surface area (Å²) in [5.74, 6) is 0.814. The van der Waals surface area contributed by atoms with Crippen molar-refractivity contribution in [1.29, 1.82) is 0 Å². The van der Waals surface area contributed by atoms with Crippen molar-refractivity contribution in [3.63, 3.8) is 0 Å². The van der Waals surface area contributed by atoms with E-state index in [1.807, 2.05) is 31.2 Å². The summed E-state index contributed by atoms with van der Waals surface area (Å²) in [5.41, 5.74) is 3.64. The Hall–Kier alpha value is -4.04. The van der Waals surface area contributed by atoms with Gasteiger partial charge in [0.15, 0.2) is 5.76 Å². The molecule has 0 spiro atoms. The zero-order chi connectivity index (χ0) is 26.5. The number of amides is 1. The van der Waals surface area contributed by atoms with Crippen molar-refractivity contribution >= 4 is 29.2 Å². The number of hydrogen-bond acceptors (Lipinski definition) is 6. The van der Waals surface area contributed by atoms with Crippen LogP contribution < -0.4 is 10.1 Å². The van der Waals surface area contributed by atoms with E-state index in [9.17, 15) is 9.59 Å². The molecule has 0 saturated heterocycles. The Morgan fingerprint density at radius 3 is 2.70 bits per heavy atom. The Kier molecular flexibility index (Phi) is 7.98. The minimum atomic E-state index is -0.416. The third-order valence-corrected chi connectivity index (χ3v) is 6.22. The standard InChI is InChI=1S/C28H28ClN3O5/c1-17(2)23-12-24(29)18(3)11-26(23)36-16-21-9-10-25(37-21)27(33)31-20-13-30-32(15-20)14-19-7-5-6-8-22(19)28(34)35-4/h5-13,15,17H,14,16H2,1-4H3,(H,31,33). The van der Waals surface area contributed by atoms with Crippen LogP contribution in [0.2, 0.25) is 5.02 Å². The minimum Gasteiger partial charge on any atom is -0.485 e. The molecule has 2 heterocycles. The first-order valence-electron chi connectivity index (χ1n) is 11.8. The van der Waals surface area contributed by atoms with Crippen molar-refractivity contribution < 1.29 is 23.5 Å². The predicted molar refractivity (Wildman–Crippen MR) is 140 cm³/mol. The van der Waals surface area contributed by atoms with Crippen LogP contribution in [0.5, 0.6) is 5.75 Å². The number of aryl methyl sites for hydroxylation is 1. The number of methoxy groups -OCH3 is 1. The van der Waals surface area contributed by atoms with Gasteiger partial charge in [0.25, 0.3) is 5.91 Å². The molecule has 2 aromatic heterocycles. The van der Waals surface area contributed by atoms with E-state index in [0.29, 0.717) is 28.6 Å². The van der Waals surface area contributed by atoms with Crippen molar-refractivity contribution in [3.8, 4) is 5.75 Å². The first kappa shape index (κ1) is 26.0. The highest BCUT2D eigenvalue weighted by molar-refractivity contribution is 6.31. The summed E-state index contributed by atoms with van der Waals surface area (Å²) in [6.45, 7) is 6.58. The van der Waals surface area contributed by atoms with Crippen molar-refractivity contribution in [2.24, 2.45) is 0 Å². The molecule has 0 aliphatic rings. The first-order valence-corrected chi connectivity index (χ1v) is 12.1. The van der Waals surface area contributed by atoms with Gasteiger partial charge in [0.1, 0.15) is 18.1 Å². The van der Waals surface area contributed by atoms with E-state index in [2.05, 4.69) is 24.3 Å². The number of nitrogens with one attached hydrogen (secondary N) is 1. The lowest BCUT2D eigenvalue weighted by molar-refractivity contribution is 0.0599. The van der Waals surface area contributed by atoms with Gasteiger partial charge in [-0.25, -0.2) is 4.79 Å². The molecule has 8 nitrogen and oxygen atoms in total. The van der Waals surface area contributed by atoms with Gasteiger partial charge in [-0.2, -0.15) is 5.10 Å². The van der Waals surface area contributed by atoms with Crippen molar-refractivity contribution in [2.45, 2.75) is 39.8 Å². The molecule has 1 amide bonds. The Morgan fingerprint density at radius 1 is 1.16 bits per heavy atom. The molecular weight excluding hydrogens is 494 g/mol. The fourth-order valence-electron chi connectivity index (χ4n) is 3.82. The lowest BCUT2D eigenvalue weighted by atomic mass is 10.0. The molecule has 0 saturated carbocycles. The normalized spacial score (nSPS) is 11.0. The molecule has 0 bridgehead atoms. The number of aromatic nitrogens is 2. The molecule has 0 aliphatic carbocycles. The molecule has 2 aromatic carbocycles. The number of furan rings is 1. The number of ether oxygens (including phenoxy) is 2. The van der Waals surface area contributed by atoms with Crippen molar-refractivity contribution in [1.82, 2.24) is 9.78 Å². The van der Waals surface area contributed by atoms with Gasteiger partial charge >= 0.3 is 5.97 Å². The Labute approximate surface area is 220 Å². The molecule has 192 valence electrons. The predicted octanol–water partition coefficient (Wildman–Crippen LogP) is 6.23. The van der Waals surface area contributed by atoms with E-state index in [-0.39, 0.29) is 18.3 Å². The van der Waals surface area contributed by atoms with Gasteiger partial charge in [-0.1, -0.05) is 43.6 Å². The van der Waals surface area contributed by atoms with Crippen LogP contribution in [0.4, 0.5) is 5.69 Å². The number of anilines is 1. The number of halogens is 1. The van der Waals surface area contributed by atoms with Crippen molar-refractivity contribution in [3.05, 3.63) is 99.7 Å². The SMILES string of the molecule is COC(=O)c1ccccc1Cn1cc(NC(=O)c2ccc(COc3cc(C)c(Cl)cc3C(C)C)o2)cn1. The summed E-state index contributed by atoms with van der Waals surface area (Å²) in [6, 6.07) is 14.3. The van der Waals surface area contributed by atoms with Crippen LogP contribution in [-0.4, -0.2) is 28.8 Å². The van der Waals surface area contributed by atoms with Crippen LogP contribution in [0.15, 0.2) is 65.3 Å². The van der Waals surface area contributed by atoms with E-state index in [1.54, 1.807) is 35.1 Å². The van der Waals surface area contributed by atoms with E-state index in [1.165, 1.54) is 13.3 Å². The summed E-state index contributed by atoms with van der Waals surface area (Å²) >= 11 is 6.28. The third kappa shape index (κ3) is 6.21. The van der Waals surface area contributed by atoms with Gasteiger partial charge in [-0.05, 0) is 59.9 Å². The summed E-state index contributed by atoms with van der Waals surface area (Å²) < 4.78 is 18.2. The maximum absolute atomic E-state index is 12.7. The van der Waals surface area contributed by atoms with Crippen LogP contribution in [0.3, 0.4) is 0 Å². The molecular formula is C28H28ClN3O5. The van der Waals surface area contributed by atoms with E-state index < -0.39 is 11.9 Å². The molecule has 0 fully saturated rings. The van der Waals surface area contributed by atoms with Gasteiger partial charge < -0.3 is 19.2 Å². The van der Waals surface area contributed by atoms with Crippen molar-refractivity contribution in [2.75, 3.05) is 12.4 Å². The second kappa shape index (κ2) is 11.3. The summed E-state index contributed by atoms with van der Waals surface area (Å²) in [4.78, 5) is 24.7. The average molecular weight is 522 g/mol. The van der Waals surface area contributed by atoms with E-state index in [0.717, 1.165) is 22.4 Å². The lowest BCUT2D eigenvalue weighted by Crippen LogP contribution is -2.11. The number of benzene rings is 2. The summed E-state index contributed by atoms with van der Waals surface area (Å²) in [5, 5.41) is 7.75. The highest BCUT2D eigenvalue weighted by Crippen LogP contribution is 2.32. The number of hydrogen-bond donors (Lipinski definition) is 1. The third-order valence-electron chi connectivity index (χ3n) is 5.81. The molecule has 0 atom stereocenters. The zero-order valence-electron chi connectivity index (χ0n) is 21.1. The fourth-order valence-corrected chi connectivity index (χ4v) is 3.99. The monoisotopic (exact) mass is 521 g/mol. The number of carbonyl (C=O) groups is 2. The maximum atomic E-state index is 12.7. The number of esters is 1. The number of carbonyl (C=O) groups excluding carboxylic acids is 2. The quantitative estimate of drug-likeness (QED) is 0.262. The fraction of sp³-hybridized carbons (Fsp3) is 0.250. The number of rotatable bonds is 9. The maximum Gasteiger partial charge on any atom is 0.338 e. The van der Waals surface area contributed by atoms with Gasteiger partial charge in [0.2, 0.25) is 0 Å². The van der Waals surface area contributed by atoms with Gasteiger partial charge in [-0.15, -0.1) is 0 Å². The molecule has 0 unspecified atom stereocenters. The molecule has 9 heteroatoms. The first-order chi connectivity index (χ1) is 17.7. The Morgan fingerprint density at radius 2 is 1.95 bits per heavy atom. The summed E-state index contributed by atoms with van der Waals surface area (Å²) in [7, 11) is 1.34. The minimum absolute atomic E-state index is 0.152. The topological polar surface area (TPSA) is 95.6 Å². The Balaban J connectivity index is 1.38. The average Bonchev–Trinajstić information content (AvgIpc) is 3.54. The van der Waals surface area contributed by atoms with Gasteiger partial charge in [0, 0.05) is 11.2 Å². The molecule has 0 radical (unpaired) electrons. The molecule has 0 aliphatic heterocycles. The van der Waals surface area contributed by atoms with E-state index >= 15 is 0 Å². The summed E-state index contributed by atoms with van der Waals surface area (Å²) in [6.07, 6.45) is 3.21.